The van der Waals surface area contributed by atoms with Crippen molar-refractivity contribution < 1.29 is 13.3 Å². The maximum Gasteiger partial charge on any atom is 0.271 e. The Morgan fingerprint density at radius 2 is 2.00 bits per heavy atom. The molecular formula is C22H17BrF2N3OS4+. The topological polar surface area (TPSA) is 29.1 Å². The number of thiophene rings is 1. The molecule has 1 aromatic carbocycles. The summed E-state index contributed by atoms with van der Waals surface area (Å²) in [6.45, 7) is 3.17. The zero-order chi connectivity index (χ0) is 23.3. The molecule has 0 atom stereocenters. The smallest absolute Gasteiger partial charge is 0.271 e. The molecule has 0 bridgehead atoms. The number of aromatic nitrogens is 2. The molecule has 3 aromatic heterocycles. The fourth-order valence-electron chi connectivity index (χ4n) is 3.61. The van der Waals surface area contributed by atoms with E-state index in [0.717, 1.165) is 37.8 Å². The zero-order valence-corrected chi connectivity index (χ0v) is 22.3. The molecule has 0 aliphatic carbocycles. The summed E-state index contributed by atoms with van der Waals surface area (Å²) in [4.78, 5) is 15.3. The standard InChI is InChI=1S/C22H17BrF2N3OS4/c1-3-28-16(10-15-27(7-9-30-15)11-12-6-8-31-20(12)23)32-19(21(28)29)22-26(2)14-5-4-13(24)17(25)18(14)33-22/h4-10H,3,11H2,1-2H3/q+1/b22-19+. The molecule has 11 heteroatoms. The zero-order valence-electron chi connectivity index (χ0n) is 17.5. The van der Waals surface area contributed by atoms with E-state index in [9.17, 15) is 13.6 Å². The molecular weight excluding hydrogens is 568 g/mol. The van der Waals surface area contributed by atoms with Gasteiger partial charge in [0.05, 0.1) is 25.8 Å². The number of anilines is 1. The summed E-state index contributed by atoms with van der Waals surface area (Å²) < 4.78 is 34.5. The predicted octanol–water partition coefficient (Wildman–Crippen LogP) is 4.57. The number of nitrogens with zero attached hydrogens (tertiary/aromatic N) is 3. The molecule has 0 N–H and O–H groups in total. The summed E-state index contributed by atoms with van der Waals surface area (Å²) in [6, 6.07) is 4.76. The van der Waals surface area contributed by atoms with Crippen molar-refractivity contribution in [3.05, 3.63) is 80.7 Å². The lowest BCUT2D eigenvalue weighted by molar-refractivity contribution is -0.685. The second kappa shape index (κ2) is 9.10. The first-order valence-electron chi connectivity index (χ1n) is 9.93. The minimum absolute atomic E-state index is 0.125. The highest BCUT2D eigenvalue weighted by Crippen LogP contribution is 2.47. The van der Waals surface area contributed by atoms with Crippen molar-refractivity contribution in [2.75, 3.05) is 11.9 Å². The van der Waals surface area contributed by atoms with E-state index in [1.807, 2.05) is 24.6 Å². The number of benzene rings is 1. The van der Waals surface area contributed by atoms with Gasteiger partial charge in [0.2, 0.25) is 0 Å². The summed E-state index contributed by atoms with van der Waals surface area (Å²) in [6.07, 6.45) is 4.06. The molecule has 4 nitrogen and oxygen atoms in total. The number of fused-ring (bicyclic) bond motifs is 1. The number of halogens is 3. The Labute approximate surface area is 212 Å². The molecule has 1 aliphatic heterocycles. The van der Waals surface area contributed by atoms with E-state index in [1.54, 1.807) is 45.3 Å². The van der Waals surface area contributed by atoms with Gasteiger partial charge in [0.15, 0.2) is 24.4 Å². The van der Waals surface area contributed by atoms with Crippen LogP contribution < -0.4 is 24.2 Å². The molecule has 4 heterocycles. The van der Waals surface area contributed by atoms with Crippen LogP contribution in [0.25, 0.3) is 11.1 Å². The van der Waals surface area contributed by atoms with Crippen LogP contribution in [0.15, 0.2) is 48.6 Å². The van der Waals surface area contributed by atoms with E-state index in [1.165, 1.54) is 16.9 Å². The van der Waals surface area contributed by atoms with E-state index in [4.69, 9.17) is 0 Å². The number of hydrogen-bond acceptors (Lipinski definition) is 6. The Hall–Kier alpha value is -1.79. The van der Waals surface area contributed by atoms with Gasteiger partial charge in [-0.15, -0.1) is 22.7 Å². The largest absolute Gasteiger partial charge is 0.337 e. The van der Waals surface area contributed by atoms with Crippen LogP contribution in [0.5, 0.6) is 0 Å². The number of thiazole rings is 2. The third-order valence-electron chi connectivity index (χ3n) is 5.31. The van der Waals surface area contributed by atoms with Crippen molar-refractivity contribution in [3.63, 3.8) is 0 Å². The number of thioether (sulfide) groups is 1. The van der Waals surface area contributed by atoms with Crippen molar-refractivity contribution in [1.29, 1.82) is 0 Å². The van der Waals surface area contributed by atoms with Crippen LogP contribution in [0.2, 0.25) is 0 Å². The highest BCUT2D eigenvalue weighted by molar-refractivity contribution is 9.11. The Kier molecular flexibility index (Phi) is 6.34. The van der Waals surface area contributed by atoms with Crippen LogP contribution in [0.1, 0.15) is 17.5 Å². The van der Waals surface area contributed by atoms with Gasteiger partial charge in [-0.2, -0.15) is 4.57 Å². The maximum atomic E-state index is 14.4. The predicted molar refractivity (Wildman–Crippen MR) is 137 cm³/mol. The Bertz CT molecular complexity index is 1550. The van der Waals surface area contributed by atoms with Crippen molar-refractivity contribution in [3.8, 4) is 0 Å². The fraction of sp³-hybridized carbons (Fsp3) is 0.182. The minimum atomic E-state index is -0.887. The van der Waals surface area contributed by atoms with Crippen LogP contribution in [0.4, 0.5) is 14.5 Å². The maximum absolute atomic E-state index is 14.4. The highest BCUT2D eigenvalue weighted by Gasteiger charge is 2.29. The van der Waals surface area contributed by atoms with Crippen LogP contribution >= 0.6 is 61.7 Å². The molecule has 0 saturated carbocycles. The quantitative estimate of drug-likeness (QED) is 0.329. The molecule has 1 aliphatic rings. The number of hydrogen-bond donors (Lipinski definition) is 0. The van der Waals surface area contributed by atoms with Gasteiger partial charge in [0, 0.05) is 19.2 Å². The Morgan fingerprint density at radius 3 is 2.73 bits per heavy atom. The van der Waals surface area contributed by atoms with Gasteiger partial charge in [-0.1, -0.05) is 23.1 Å². The average molecular weight is 586 g/mol. The second-order valence-electron chi connectivity index (χ2n) is 7.23. The van der Waals surface area contributed by atoms with E-state index < -0.39 is 11.6 Å². The second-order valence-corrected chi connectivity index (χ2v) is 12.4. The molecule has 0 spiro atoms. The summed E-state index contributed by atoms with van der Waals surface area (Å²) in [5.74, 6) is -1.76. The van der Waals surface area contributed by atoms with Gasteiger partial charge in [-0.05, 0) is 46.4 Å². The van der Waals surface area contributed by atoms with E-state index in [0.29, 0.717) is 21.8 Å². The fourth-order valence-corrected chi connectivity index (χ4v) is 8.17. The average Bonchev–Trinajstić information content (AvgIpc) is 3.55. The van der Waals surface area contributed by atoms with Gasteiger partial charge < -0.3 is 4.90 Å². The molecule has 0 saturated heterocycles. The molecule has 0 radical (unpaired) electrons. The summed E-state index contributed by atoms with van der Waals surface area (Å²) in [5, 5.41) is 5.72. The summed E-state index contributed by atoms with van der Waals surface area (Å²) in [7, 11) is 1.77. The van der Waals surface area contributed by atoms with Crippen molar-refractivity contribution >= 4 is 78.5 Å². The van der Waals surface area contributed by atoms with Gasteiger partial charge >= 0.3 is 0 Å². The highest BCUT2D eigenvalue weighted by atomic mass is 79.9. The normalized spacial score (nSPS) is 15.5. The first kappa shape index (κ1) is 23.0. The third kappa shape index (κ3) is 4.03. The lowest BCUT2D eigenvalue weighted by Crippen LogP contribution is -2.36. The molecule has 4 aromatic rings. The van der Waals surface area contributed by atoms with Crippen molar-refractivity contribution in [2.24, 2.45) is 0 Å². The molecule has 170 valence electrons. The molecule has 33 heavy (non-hydrogen) atoms. The van der Waals surface area contributed by atoms with Gasteiger partial charge in [-0.25, -0.2) is 8.78 Å². The summed E-state index contributed by atoms with van der Waals surface area (Å²) >= 11 is 9.34. The minimum Gasteiger partial charge on any atom is -0.337 e. The molecule has 0 unspecified atom stereocenters. The monoisotopic (exact) mass is 584 g/mol. The third-order valence-corrected chi connectivity index (χ3v) is 10.5. The van der Waals surface area contributed by atoms with Gasteiger partial charge in [0.1, 0.15) is 14.2 Å². The first-order chi connectivity index (χ1) is 15.9. The van der Waals surface area contributed by atoms with Crippen LogP contribution in [-0.4, -0.2) is 11.6 Å². The van der Waals surface area contributed by atoms with Crippen molar-refractivity contribution in [1.82, 2.24) is 4.57 Å². The van der Waals surface area contributed by atoms with E-state index in [-0.39, 0.29) is 10.5 Å². The molecule has 0 amide bonds. The van der Waals surface area contributed by atoms with Crippen LogP contribution in [-0.2, 0) is 13.1 Å². The van der Waals surface area contributed by atoms with E-state index >= 15 is 0 Å². The first-order valence-corrected chi connectivity index (χ1v) is 14.1. The van der Waals surface area contributed by atoms with Gasteiger partial charge in [-0.3, -0.25) is 9.36 Å². The summed E-state index contributed by atoms with van der Waals surface area (Å²) in [5.41, 5.74) is 1.64. The molecule has 5 rings (SSSR count). The molecule has 0 fully saturated rings. The number of rotatable bonds is 4. The van der Waals surface area contributed by atoms with Crippen LogP contribution in [0.3, 0.4) is 0 Å². The van der Waals surface area contributed by atoms with Crippen LogP contribution in [0, 0.1) is 11.6 Å². The Balaban J connectivity index is 1.63. The SMILES string of the molecule is CCn1c(=O)/c(=C2\Sc3c(ccc(F)c3F)N2C)s/c1=C\c1scc[n+]1Cc1ccsc1Br. The van der Waals surface area contributed by atoms with E-state index in [2.05, 4.69) is 31.9 Å². The lowest BCUT2D eigenvalue weighted by Gasteiger charge is -2.12. The van der Waals surface area contributed by atoms with Gasteiger partial charge in [0.25, 0.3) is 10.6 Å². The van der Waals surface area contributed by atoms with Crippen molar-refractivity contribution in [2.45, 2.75) is 24.9 Å². The Morgan fingerprint density at radius 1 is 1.18 bits per heavy atom. The lowest BCUT2D eigenvalue weighted by atomic mass is 10.3.